The molecule has 1 aliphatic carbocycles. The second-order valence-corrected chi connectivity index (χ2v) is 5.82. The number of aromatic nitrogens is 4. The van der Waals surface area contributed by atoms with Gasteiger partial charge in [0, 0.05) is 5.69 Å². The third-order valence-electron chi connectivity index (χ3n) is 4.18. The lowest BCUT2D eigenvalue weighted by molar-refractivity contribution is 0.292. The molecule has 1 aromatic carbocycles. The first-order chi connectivity index (χ1) is 9.51. The third-order valence-corrected chi connectivity index (χ3v) is 4.18. The Bertz CT molecular complexity index is 643. The van der Waals surface area contributed by atoms with Gasteiger partial charge in [0.2, 0.25) is 0 Å². The summed E-state index contributed by atoms with van der Waals surface area (Å²) in [7, 11) is 0. The Morgan fingerprint density at radius 2 is 2.00 bits per heavy atom. The highest BCUT2D eigenvalue weighted by molar-refractivity contribution is 5.63. The largest absolute Gasteiger partial charge is 0.399 e. The van der Waals surface area contributed by atoms with E-state index in [1.165, 1.54) is 0 Å². The van der Waals surface area contributed by atoms with Crippen molar-refractivity contribution in [1.82, 2.24) is 20.2 Å². The number of hydrogen-bond donors (Lipinski definition) is 1. The number of tetrazole rings is 1. The third kappa shape index (κ3) is 1.95. The highest BCUT2D eigenvalue weighted by atomic mass is 19.1. The molecule has 1 saturated carbocycles. The van der Waals surface area contributed by atoms with E-state index in [-0.39, 0.29) is 11.4 Å². The molecule has 0 radical (unpaired) electrons. The summed E-state index contributed by atoms with van der Waals surface area (Å²) in [6.45, 7) is 3.82. The number of aryl methyl sites for hydroxylation is 1. The molecule has 1 fully saturated rings. The summed E-state index contributed by atoms with van der Waals surface area (Å²) in [4.78, 5) is 0. The molecule has 6 heteroatoms. The maximum absolute atomic E-state index is 14.4. The molecule has 2 N–H and O–H groups in total. The molecule has 3 rings (SSSR count). The van der Waals surface area contributed by atoms with E-state index in [9.17, 15) is 4.39 Å². The van der Waals surface area contributed by atoms with Gasteiger partial charge in [-0.2, -0.15) is 0 Å². The lowest BCUT2D eigenvalue weighted by Crippen LogP contribution is -2.28. The minimum Gasteiger partial charge on any atom is -0.399 e. The number of anilines is 1. The molecule has 2 aromatic rings. The lowest BCUT2D eigenvalue weighted by atomic mass is 10.00. The van der Waals surface area contributed by atoms with Crippen molar-refractivity contribution in [1.29, 1.82) is 0 Å². The van der Waals surface area contributed by atoms with Crippen LogP contribution in [0.4, 0.5) is 10.1 Å². The first-order valence-electron chi connectivity index (χ1n) is 6.86. The molecule has 0 saturated heterocycles. The molecule has 0 amide bonds. The van der Waals surface area contributed by atoms with Gasteiger partial charge in [-0.1, -0.05) is 12.8 Å². The smallest absolute Gasteiger partial charge is 0.185 e. The van der Waals surface area contributed by atoms with Gasteiger partial charge in [0.05, 0.1) is 11.1 Å². The van der Waals surface area contributed by atoms with Crippen LogP contribution in [0.5, 0.6) is 0 Å². The fourth-order valence-electron chi connectivity index (χ4n) is 3.03. The number of benzene rings is 1. The minimum atomic E-state index is -0.308. The monoisotopic (exact) mass is 275 g/mol. The van der Waals surface area contributed by atoms with Crippen LogP contribution in [0.1, 0.15) is 38.2 Å². The Morgan fingerprint density at radius 3 is 2.70 bits per heavy atom. The Labute approximate surface area is 117 Å². The molecule has 1 heterocycles. The van der Waals surface area contributed by atoms with Crippen molar-refractivity contribution in [2.75, 3.05) is 5.73 Å². The molecule has 0 atom stereocenters. The molecule has 106 valence electrons. The maximum Gasteiger partial charge on any atom is 0.185 e. The van der Waals surface area contributed by atoms with Crippen LogP contribution in [0.3, 0.4) is 0 Å². The zero-order valence-electron chi connectivity index (χ0n) is 11.7. The summed E-state index contributed by atoms with van der Waals surface area (Å²) in [5, 5.41) is 11.9. The topological polar surface area (TPSA) is 69.6 Å². The van der Waals surface area contributed by atoms with E-state index < -0.39 is 0 Å². The summed E-state index contributed by atoms with van der Waals surface area (Å²) in [6.07, 6.45) is 4.31. The highest BCUT2D eigenvalue weighted by Gasteiger charge is 2.35. The average molecular weight is 275 g/mol. The molecule has 20 heavy (non-hydrogen) atoms. The van der Waals surface area contributed by atoms with Gasteiger partial charge >= 0.3 is 0 Å². The van der Waals surface area contributed by atoms with Gasteiger partial charge in [0.25, 0.3) is 0 Å². The Morgan fingerprint density at radius 1 is 1.30 bits per heavy atom. The summed E-state index contributed by atoms with van der Waals surface area (Å²) in [5.41, 5.74) is 7.09. The molecule has 0 spiro atoms. The predicted molar refractivity (Wildman–Crippen MR) is 74.5 cm³/mol. The Hall–Kier alpha value is -1.98. The van der Waals surface area contributed by atoms with Crippen LogP contribution in [-0.2, 0) is 5.54 Å². The number of nitrogens with zero attached hydrogens (tertiary/aromatic N) is 4. The van der Waals surface area contributed by atoms with E-state index >= 15 is 0 Å². The second-order valence-electron chi connectivity index (χ2n) is 5.82. The zero-order chi connectivity index (χ0) is 14.3. The average Bonchev–Trinajstić information content (AvgIpc) is 3.03. The van der Waals surface area contributed by atoms with Crippen LogP contribution in [0.25, 0.3) is 11.4 Å². The number of rotatable bonds is 2. The second kappa shape index (κ2) is 4.54. The molecule has 0 unspecified atom stereocenters. The number of halogens is 1. The van der Waals surface area contributed by atoms with Crippen molar-refractivity contribution in [2.45, 2.75) is 45.1 Å². The van der Waals surface area contributed by atoms with Gasteiger partial charge in [-0.25, -0.2) is 9.07 Å². The van der Waals surface area contributed by atoms with E-state index in [2.05, 4.69) is 22.4 Å². The molecule has 5 nitrogen and oxygen atoms in total. The van der Waals surface area contributed by atoms with Crippen LogP contribution >= 0.6 is 0 Å². The van der Waals surface area contributed by atoms with E-state index in [4.69, 9.17) is 5.73 Å². The first-order valence-corrected chi connectivity index (χ1v) is 6.86. The Kier molecular flexibility index (Phi) is 2.96. The molecular weight excluding hydrogens is 257 g/mol. The Balaban J connectivity index is 2.15. The predicted octanol–water partition coefficient (Wildman–Crippen LogP) is 2.66. The first kappa shape index (κ1) is 13.0. The standard InChI is InChI=1S/C14H18FN5/c1-9-7-10(16)8-11(12(9)15)13-17-18-19-20(13)14(2)5-3-4-6-14/h7-8H,3-6,16H2,1-2H3. The van der Waals surface area contributed by atoms with Crippen LogP contribution in [0.2, 0.25) is 0 Å². The molecule has 0 bridgehead atoms. The lowest BCUT2D eigenvalue weighted by Gasteiger charge is -2.24. The summed E-state index contributed by atoms with van der Waals surface area (Å²) >= 11 is 0. The van der Waals surface area contributed by atoms with Gasteiger partial charge in [0.1, 0.15) is 5.82 Å². The maximum atomic E-state index is 14.4. The van der Waals surface area contributed by atoms with E-state index in [1.807, 2.05) is 0 Å². The van der Waals surface area contributed by atoms with Crippen molar-refractivity contribution in [3.8, 4) is 11.4 Å². The minimum absolute atomic E-state index is 0.135. The van der Waals surface area contributed by atoms with Crippen molar-refractivity contribution in [3.63, 3.8) is 0 Å². The summed E-state index contributed by atoms with van der Waals surface area (Å²) in [5.74, 6) is 0.152. The number of nitrogen functional groups attached to an aromatic ring is 1. The molecule has 1 aromatic heterocycles. The van der Waals surface area contributed by atoms with Crippen molar-refractivity contribution < 1.29 is 4.39 Å². The van der Waals surface area contributed by atoms with Crippen LogP contribution in [-0.4, -0.2) is 20.2 Å². The summed E-state index contributed by atoms with van der Waals surface area (Å²) in [6, 6.07) is 3.22. The molecule has 0 aliphatic heterocycles. The highest BCUT2D eigenvalue weighted by Crippen LogP contribution is 2.38. The van der Waals surface area contributed by atoms with Gasteiger partial charge < -0.3 is 5.73 Å². The van der Waals surface area contributed by atoms with Crippen LogP contribution in [0, 0.1) is 12.7 Å². The van der Waals surface area contributed by atoms with Gasteiger partial charge in [-0.05, 0) is 54.8 Å². The summed E-state index contributed by atoms with van der Waals surface area (Å²) < 4.78 is 16.1. The number of hydrogen-bond acceptors (Lipinski definition) is 4. The zero-order valence-corrected chi connectivity index (χ0v) is 11.7. The fourth-order valence-corrected chi connectivity index (χ4v) is 3.03. The fraction of sp³-hybridized carbons (Fsp3) is 0.500. The number of nitrogens with two attached hydrogens (primary N) is 1. The quantitative estimate of drug-likeness (QED) is 0.855. The van der Waals surface area contributed by atoms with E-state index in [0.717, 1.165) is 25.7 Å². The van der Waals surface area contributed by atoms with Crippen LogP contribution in [0.15, 0.2) is 12.1 Å². The normalized spacial score (nSPS) is 17.6. The van der Waals surface area contributed by atoms with E-state index in [0.29, 0.717) is 22.6 Å². The van der Waals surface area contributed by atoms with Crippen molar-refractivity contribution >= 4 is 5.69 Å². The van der Waals surface area contributed by atoms with Gasteiger partial charge in [-0.3, -0.25) is 0 Å². The van der Waals surface area contributed by atoms with E-state index in [1.54, 1.807) is 23.7 Å². The SMILES string of the molecule is Cc1cc(N)cc(-c2nnnn2C2(C)CCCC2)c1F. The van der Waals surface area contributed by atoms with Crippen LogP contribution < -0.4 is 5.73 Å². The molecule has 1 aliphatic rings. The van der Waals surface area contributed by atoms with Gasteiger partial charge in [0.15, 0.2) is 5.82 Å². The molecular formula is C14H18FN5. The van der Waals surface area contributed by atoms with Crippen molar-refractivity contribution in [2.24, 2.45) is 0 Å². The van der Waals surface area contributed by atoms with Crippen molar-refractivity contribution in [3.05, 3.63) is 23.5 Å². The van der Waals surface area contributed by atoms with Gasteiger partial charge in [-0.15, -0.1) is 5.10 Å².